The number of rotatable bonds is 4. The molecule has 98 valence electrons. The van der Waals surface area contributed by atoms with Crippen LogP contribution in [-0.2, 0) is 5.75 Å². The first kappa shape index (κ1) is 14.1. The molecule has 2 rings (SSSR count). The first-order chi connectivity index (χ1) is 9.08. The van der Waals surface area contributed by atoms with Gasteiger partial charge < -0.3 is 5.11 Å². The van der Waals surface area contributed by atoms with E-state index in [9.17, 15) is 9.18 Å². The lowest BCUT2D eigenvalue weighted by molar-refractivity contribution is 0.0693. The Labute approximate surface area is 122 Å². The maximum Gasteiger partial charge on any atom is 0.336 e. The molecule has 0 heterocycles. The molecular weight excluding hydrogens is 331 g/mol. The Kier molecular flexibility index (Phi) is 4.61. The van der Waals surface area contributed by atoms with Crippen molar-refractivity contribution in [3.8, 4) is 0 Å². The average molecular weight is 341 g/mol. The zero-order chi connectivity index (χ0) is 13.8. The Hall–Kier alpha value is -1.33. The predicted octanol–water partition coefficient (Wildman–Crippen LogP) is 4.58. The largest absolute Gasteiger partial charge is 0.478 e. The molecule has 0 saturated heterocycles. The molecule has 5 heteroatoms. The second kappa shape index (κ2) is 6.21. The minimum Gasteiger partial charge on any atom is -0.478 e. The van der Waals surface area contributed by atoms with E-state index in [1.54, 1.807) is 30.3 Å². The topological polar surface area (TPSA) is 37.3 Å². The van der Waals surface area contributed by atoms with Crippen LogP contribution in [0.1, 0.15) is 15.9 Å². The third-order valence-electron chi connectivity index (χ3n) is 2.52. The molecule has 0 saturated carbocycles. The summed E-state index contributed by atoms with van der Waals surface area (Å²) in [6.45, 7) is 0. The molecule has 1 N–H and O–H groups in total. The van der Waals surface area contributed by atoms with Crippen LogP contribution in [0, 0.1) is 5.82 Å². The molecule has 0 amide bonds. The van der Waals surface area contributed by atoms with Crippen LogP contribution >= 0.6 is 27.7 Å². The number of aromatic carboxylic acids is 1. The number of halogens is 2. The number of hydrogen-bond donors (Lipinski definition) is 1. The summed E-state index contributed by atoms with van der Waals surface area (Å²) in [5, 5.41) is 9.08. The number of carbonyl (C=O) groups is 1. The van der Waals surface area contributed by atoms with Crippen molar-refractivity contribution < 1.29 is 14.3 Å². The Morgan fingerprint density at radius 1 is 1.26 bits per heavy atom. The molecule has 2 nitrogen and oxygen atoms in total. The van der Waals surface area contributed by atoms with Crippen molar-refractivity contribution in [2.75, 3.05) is 0 Å². The molecule has 0 unspecified atom stereocenters. The highest BCUT2D eigenvalue weighted by Crippen LogP contribution is 2.29. The summed E-state index contributed by atoms with van der Waals surface area (Å²) in [4.78, 5) is 11.8. The molecular formula is C14H10BrFO2S. The molecule has 0 atom stereocenters. The smallest absolute Gasteiger partial charge is 0.336 e. The molecule has 0 spiro atoms. The van der Waals surface area contributed by atoms with Gasteiger partial charge in [0.15, 0.2) is 0 Å². The van der Waals surface area contributed by atoms with Crippen molar-refractivity contribution in [1.82, 2.24) is 0 Å². The van der Waals surface area contributed by atoms with Gasteiger partial charge in [-0.15, -0.1) is 11.8 Å². The average Bonchev–Trinajstić information content (AvgIpc) is 2.38. The van der Waals surface area contributed by atoms with E-state index in [1.807, 2.05) is 0 Å². The van der Waals surface area contributed by atoms with E-state index in [2.05, 4.69) is 15.9 Å². The monoisotopic (exact) mass is 340 g/mol. The van der Waals surface area contributed by atoms with Gasteiger partial charge in [-0.1, -0.05) is 34.1 Å². The van der Waals surface area contributed by atoms with Gasteiger partial charge in [-0.2, -0.15) is 0 Å². The van der Waals surface area contributed by atoms with Crippen LogP contribution in [-0.4, -0.2) is 11.1 Å². The fourth-order valence-corrected chi connectivity index (χ4v) is 3.29. The van der Waals surface area contributed by atoms with Crippen LogP contribution in [0.3, 0.4) is 0 Å². The van der Waals surface area contributed by atoms with Crippen molar-refractivity contribution in [3.63, 3.8) is 0 Å². The van der Waals surface area contributed by atoms with Crippen molar-refractivity contribution in [2.24, 2.45) is 0 Å². The minimum absolute atomic E-state index is 0.283. The molecule has 2 aromatic rings. The first-order valence-corrected chi connectivity index (χ1v) is 7.25. The van der Waals surface area contributed by atoms with Crippen LogP contribution in [0.5, 0.6) is 0 Å². The van der Waals surface area contributed by atoms with E-state index in [0.717, 1.165) is 5.56 Å². The minimum atomic E-state index is -0.943. The van der Waals surface area contributed by atoms with E-state index in [-0.39, 0.29) is 11.4 Å². The number of carboxylic acid groups (broad SMARTS) is 1. The first-order valence-electron chi connectivity index (χ1n) is 5.47. The summed E-state index contributed by atoms with van der Waals surface area (Å²) in [7, 11) is 0. The maximum atomic E-state index is 13.0. The Morgan fingerprint density at radius 3 is 2.68 bits per heavy atom. The molecule has 19 heavy (non-hydrogen) atoms. The molecule has 0 bridgehead atoms. The predicted molar refractivity (Wildman–Crippen MR) is 77.1 cm³/mol. The Bertz CT molecular complexity index is 616. The fourth-order valence-electron chi connectivity index (χ4n) is 1.56. The zero-order valence-electron chi connectivity index (χ0n) is 9.77. The SMILES string of the molecule is O=C(O)c1ccccc1SCc1ccc(F)cc1Br. The van der Waals surface area contributed by atoms with Crippen LogP contribution in [0.4, 0.5) is 4.39 Å². The van der Waals surface area contributed by atoms with Gasteiger partial charge in [0.1, 0.15) is 5.82 Å². The molecule has 0 aliphatic rings. The van der Waals surface area contributed by atoms with Crippen LogP contribution in [0.2, 0.25) is 0 Å². The van der Waals surface area contributed by atoms with Gasteiger partial charge in [0.2, 0.25) is 0 Å². The Balaban J connectivity index is 2.17. The van der Waals surface area contributed by atoms with Crippen LogP contribution in [0.25, 0.3) is 0 Å². The number of benzene rings is 2. The standard InChI is InChI=1S/C14H10BrFO2S/c15-12-7-10(16)6-5-9(12)8-19-13-4-2-1-3-11(13)14(17)18/h1-7H,8H2,(H,17,18). The molecule has 2 aromatic carbocycles. The van der Waals surface area contributed by atoms with Gasteiger partial charge in [-0.3, -0.25) is 0 Å². The summed E-state index contributed by atoms with van der Waals surface area (Å²) >= 11 is 4.71. The van der Waals surface area contributed by atoms with Crippen molar-refractivity contribution >= 4 is 33.7 Å². The Morgan fingerprint density at radius 2 is 2.00 bits per heavy atom. The third-order valence-corrected chi connectivity index (χ3v) is 4.38. The van der Waals surface area contributed by atoms with Gasteiger partial charge in [0.05, 0.1) is 5.56 Å². The normalized spacial score (nSPS) is 10.4. The molecule has 0 radical (unpaired) electrons. The molecule has 0 aliphatic carbocycles. The van der Waals surface area contributed by atoms with E-state index in [4.69, 9.17) is 5.11 Å². The third kappa shape index (κ3) is 3.58. The van der Waals surface area contributed by atoms with E-state index in [1.165, 1.54) is 23.9 Å². The highest BCUT2D eigenvalue weighted by atomic mass is 79.9. The second-order valence-corrected chi connectivity index (χ2v) is 5.70. The lowest BCUT2D eigenvalue weighted by atomic mass is 10.2. The van der Waals surface area contributed by atoms with Gasteiger partial charge in [-0.25, -0.2) is 9.18 Å². The van der Waals surface area contributed by atoms with E-state index < -0.39 is 5.97 Å². The van der Waals surface area contributed by atoms with Crippen molar-refractivity contribution in [2.45, 2.75) is 10.6 Å². The number of carboxylic acids is 1. The fraction of sp³-hybridized carbons (Fsp3) is 0.0714. The summed E-state index contributed by atoms with van der Waals surface area (Å²) in [6.07, 6.45) is 0. The highest BCUT2D eigenvalue weighted by Gasteiger charge is 2.10. The zero-order valence-corrected chi connectivity index (χ0v) is 12.2. The molecule has 0 aliphatic heterocycles. The summed E-state index contributed by atoms with van der Waals surface area (Å²) in [6, 6.07) is 11.3. The maximum absolute atomic E-state index is 13.0. The highest BCUT2D eigenvalue weighted by molar-refractivity contribution is 9.10. The van der Waals surface area contributed by atoms with Crippen LogP contribution in [0.15, 0.2) is 51.8 Å². The van der Waals surface area contributed by atoms with Crippen LogP contribution < -0.4 is 0 Å². The quantitative estimate of drug-likeness (QED) is 0.827. The second-order valence-electron chi connectivity index (χ2n) is 3.83. The summed E-state index contributed by atoms with van der Waals surface area (Å²) in [5.41, 5.74) is 1.21. The lowest BCUT2D eigenvalue weighted by Gasteiger charge is -2.07. The van der Waals surface area contributed by atoms with Gasteiger partial charge in [-0.05, 0) is 29.8 Å². The van der Waals surface area contributed by atoms with E-state index >= 15 is 0 Å². The summed E-state index contributed by atoms with van der Waals surface area (Å²) < 4.78 is 13.7. The molecule has 0 fully saturated rings. The van der Waals surface area contributed by atoms with Gasteiger partial charge in [0, 0.05) is 15.1 Å². The number of hydrogen-bond acceptors (Lipinski definition) is 2. The van der Waals surface area contributed by atoms with Crippen molar-refractivity contribution in [3.05, 3.63) is 63.9 Å². The van der Waals surface area contributed by atoms with E-state index in [0.29, 0.717) is 15.1 Å². The summed E-state index contributed by atoms with van der Waals surface area (Å²) in [5.74, 6) is -0.668. The van der Waals surface area contributed by atoms with Gasteiger partial charge >= 0.3 is 5.97 Å². The molecule has 0 aromatic heterocycles. The lowest BCUT2D eigenvalue weighted by Crippen LogP contribution is -1.98. The van der Waals surface area contributed by atoms with Crippen molar-refractivity contribution in [1.29, 1.82) is 0 Å². The van der Waals surface area contributed by atoms with Gasteiger partial charge in [0.25, 0.3) is 0 Å². The number of thioether (sulfide) groups is 1.